The number of hydrogen-bond acceptors (Lipinski definition) is 6. The van der Waals surface area contributed by atoms with Gasteiger partial charge in [-0.2, -0.15) is 0 Å². The monoisotopic (exact) mass is 178 g/mol. The van der Waals surface area contributed by atoms with Gasteiger partial charge >= 0.3 is 0 Å². The highest BCUT2D eigenvalue weighted by Crippen LogP contribution is 2.13. The van der Waals surface area contributed by atoms with Crippen molar-refractivity contribution in [3.8, 4) is 0 Å². The van der Waals surface area contributed by atoms with Gasteiger partial charge in [0, 0.05) is 0 Å². The normalized spacial score (nSPS) is 22.6. The Balaban J connectivity index is 2.44. The molecule has 0 aromatic rings. The average Bonchev–Trinajstić information content (AvgIpc) is 2.65. The van der Waals surface area contributed by atoms with E-state index >= 15 is 0 Å². The van der Waals surface area contributed by atoms with Crippen LogP contribution < -0.4 is 10.6 Å². The van der Waals surface area contributed by atoms with Gasteiger partial charge in [0.2, 0.25) is 5.79 Å². The Bertz CT molecular complexity index is 333. The second-order valence-corrected chi connectivity index (χ2v) is 2.63. The van der Waals surface area contributed by atoms with E-state index in [0.29, 0.717) is 11.5 Å². The number of rotatable bonds is 2. The van der Waals surface area contributed by atoms with Gasteiger partial charge in [-0.25, -0.2) is 20.0 Å². The van der Waals surface area contributed by atoms with Crippen LogP contribution in [0.4, 0.5) is 0 Å². The molecule has 0 aromatic heterocycles. The van der Waals surface area contributed by atoms with Gasteiger partial charge in [0.25, 0.3) is 0 Å². The molecule has 2 rings (SSSR count). The van der Waals surface area contributed by atoms with E-state index < -0.39 is 5.79 Å². The molecular formula is C7H10N6. The zero-order valence-electron chi connectivity index (χ0n) is 7.44. The second kappa shape index (κ2) is 2.82. The number of fused-ring (bicyclic) bond motifs is 1. The molecule has 2 N–H and O–H groups in total. The molecule has 68 valence electrons. The van der Waals surface area contributed by atoms with Gasteiger partial charge in [-0.05, 0) is 14.1 Å². The van der Waals surface area contributed by atoms with Crippen molar-refractivity contribution < 1.29 is 0 Å². The van der Waals surface area contributed by atoms with Crippen molar-refractivity contribution in [2.24, 2.45) is 20.0 Å². The zero-order valence-corrected chi connectivity index (χ0v) is 7.44. The highest BCUT2D eigenvalue weighted by molar-refractivity contribution is 6.50. The molecule has 0 aliphatic carbocycles. The van der Waals surface area contributed by atoms with Crippen molar-refractivity contribution in [1.82, 2.24) is 10.6 Å². The van der Waals surface area contributed by atoms with Crippen molar-refractivity contribution in [3.63, 3.8) is 0 Å². The van der Waals surface area contributed by atoms with Crippen molar-refractivity contribution in [1.29, 1.82) is 0 Å². The molecule has 2 aliphatic heterocycles. The third-order valence-corrected chi connectivity index (χ3v) is 2.08. The van der Waals surface area contributed by atoms with Crippen molar-refractivity contribution in [3.05, 3.63) is 0 Å². The van der Waals surface area contributed by atoms with Gasteiger partial charge in [0.05, 0.1) is 0 Å². The molecule has 0 atom stereocenters. The molecule has 0 saturated carbocycles. The first kappa shape index (κ1) is 8.21. The molecule has 0 fully saturated rings. The minimum Gasteiger partial charge on any atom is -0.278 e. The molecular weight excluding hydrogens is 168 g/mol. The Morgan fingerprint density at radius 3 is 2.62 bits per heavy atom. The summed E-state index contributed by atoms with van der Waals surface area (Å²) >= 11 is 0. The average molecular weight is 178 g/mol. The molecule has 0 saturated heterocycles. The standard InChI is InChI=1S/C7H10N6/c1-8-7(9-2)5-6(11-3-10-5)12-4-13-7/h3-4,8-9H,1-2H3. The van der Waals surface area contributed by atoms with Gasteiger partial charge in [-0.3, -0.25) is 10.6 Å². The summed E-state index contributed by atoms with van der Waals surface area (Å²) in [5, 5.41) is 6.08. The molecule has 0 unspecified atom stereocenters. The van der Waals surface area contributed by atoms with E-state index in [4.69, 9.17) is 0 Å². The van der Waals surface area contributed by atoms with E-state index in [2.05, 4.69) is 30.6 Å². The predicted molar refractivity (Wildman–Crippen MR) is 52.7 cm³/mol. The van der Waals surface area contributed by atoms with Crippen molar-refractivity contribution >= 4 is 24.2 Å². The van der Waals surface area contributed by atoms with Crippen molar-refractivity contribution in [2.75, 3.05) is 14.1 Å². The summed E-state index contributed by atoms with van der Waals surface area (Å²) in [4.78, 5) is 16.3. The van der Waals surface area contributed by atoms with E-state index in [1.807, 2.05) is 0 Å². The van der Waals surface area contributed by atoms with Crippen LogP contribution in [-0.2, 0) is 0 Å². The number of nitrogens with one attached hydrogen (secondary N) is 2. The minimum atomic E-state index is -0.673. The third kappa shape index (κ3) is 1.03. The quantitative estimate of drug-likeness (QED) is 0.532. The molecule has 0 spiro atoms. The first-order valence-corrected chi connectivity index (χ1v) is 3.93. The van der Waals surface area contributed by atoms with Crippen LogP contribution in [0.5, 0.6) is 0 Å². The molecule has 13 heavy (non-hydrogen) atoms. The lowest BCUT2D eigenvalue weighted by molar-refractivity contribution is 0.428. The van der Waals surface area contributed by atoms with Crippen LogP contribution in [0, 0.1) is 0 Å². The predicted octanol–water partition coefficient (Wildman–Crippen LogP) is -0.998. The van der Waals surface area contributed by atoms with E-state index in [-0.39, 0.29) is 0 Å². The summed E-state index contributed by atoms with van der Waals surface area (Å²) in [7, 11) is 3.61. The fourth-order valence-electron chi connectivity index (χ4n) is 1.33. The maximum Gasteiger partial charge on any atom is 0.213 e. The van der Waals surface area contributed by atoms with Crippen LogP contribution in [-0.4, -0.2) is 44.1 Å². The minimum absolute atomic E-state index is 0.610. The van der Waals surface area contributed by atoms with Crippen LogP contribution in [0.3, 0.4) is 0 Å². The number of aliphatic imine (C=N–C) groups is 4. The summed E-state index contributed by atoms with van der Waals surface area (Å²) in [6.07, 6.45) is 2.95. The number of nitrogens with zero attached hydrogens (tertiary/aromatic N) is 4. The van der Waals surface area contributed by atoms with Crippen LogP contribution in [0.1, 0.15) is 0 Å². The molecule has 0 amide bonds. The maximum absolute atomic E-state index is 4.20. The Hall–Kier alpha value is -1.40. The van der Waals surface area contributed by atoms with E-state index in [9.17, 15) is 0 Å². The smallest absolute Gasteiger partial charge is 0.213 e. The lowest BCUT2D eigenvalue weighted by Crippen LogP contribution is -2.61. The summed E-state index contributed by atoms with van der Waals surface area (Å²) < 4.78 is 0. The Kier molecular flexibility index (Phi) is 1.78. The fraction of sp³-hybridized carbons (Fsp3) is 0.429. The molecule has 6 heteroatoms. The summed E-state index contributed by atoms with van der Waals surface area (Å²) in [6, 6.07) is 0. The second-order valence-electron chi connectivity index (χ2n) is 2.63. The highest BCUT2D eigenvalue weighted by atomic mass is 15.4. The SMILES string of the molecule is CNC1(NC)N=CN=C2N=CN=C21. The van der Waals surface area contributed by atoms with Gasteiger partial charge < -0.3 is 0 Å². The summed E-state index contributed by atoms with van der Waals surface area (Å²) in [5.74, 6) is -0.0631. The summed E-state index contributed by atoms with van der Waals surface area (Å²) in [5.41, 5.74) is 0.708. The molecule has 0 bridgehead atoms. The first-order chi connectivity index (χ1) is 6.32. The Morgan fingerprint density at radius 1 is 1.15 bits per heavy atom. The van der Waals surface area contributed by atoms with Crippen LogP contribution in [0.15, 0.2) is 20.0 Å². The lowest BCUT2D eigenvalue weighted by Gasteiger charge is -2.29. The van der Waals surface area contributed by atoms with Crippen LogP contribution >= 0.6 is 0 Å². The molecule has 0 radical (unpaired) electrons. The topological polar surface area (TPSA) is 73.5 Å². The van der Waals surface area contributed by atoms with Crippen molar-refractivity contribution in [2.45, 2.75) is 5.79 Å². The fourth-order valence-corrected chi connectivity index (χ4v) is 1.33. The Labute approximate surface area is 75.6 Å². The number of hydrogen-bond donors (Lipinski definition) is 2. The third-order valence-electron chi connectivity index (χ3n) is 2.08. The van der Waals surface area contributed by atoms with E-state index in [1.165, 1.54) is 12.7 Å². The Morgan fingerprint density at radius 2 is 1.92 bits per heavy atom. The first-order valence-electron chi connectivity index (χ1n) is 3.93. The number of amidine groups is 1. The van der Waals surface area contributed by atoms with Gasteiger partial charge in [0.1, 0.15) is 18.4 Å². The largest absolute Gasteiger partial charge is 0.278 e. The van der Waals surface area contributed by atoms with Gasteiger partial charge in [-0.15, -0.1) is 0 Å². The molecule has 0 aromatic carbocycles. The molecule has 6 nitrogen and oxygen atoms in total. The van der Waals surface area contributed by atoms with Gasteiger partial charge in [-0.1, -0.05) is 0 Å². The van der Waals surface area contributed by atoms with Crippen LogP contribution in [0.2, 0.25) is 0 Å². The highest BCUT2D eigenvalue weighted by Gasteiger charge is 2.38. The van der Waals surface area contributed by atoms with Gasteiger partial charge in [0.15, 0.2) is 5.84 Å². The maximum atomic E-state index is 4.20. The van der Waals surface area contributed by atoms with E-state index in [1.54, 1.807) is 14.1 Å². The van der Waals surface area contributed by atoms with Crippen LogP contribution in [0.25, 0.3) is 0 Å². The summed E-state index contributed by atoms with van der Waals surface area (Å²) in [6.45, 7) is 0. The molecule has 2 heterocycles. The lowest BCUT2D eigenvalue weighted by atomic mass is 10.1. The zero-order chi connectivity index (χ0) is 9.31. The molecule has 2 aliphatic rings. The van der Waals surface area contributed by atoms with E-state index in [0.717, 1.165) is 0 Å².